The van der Waals surface area contributed by atoms with Crippen molar-refractivity contribution in [3.05, 3.63) is 23.9 Å². The van der Waals surface area contributed by atoms with Crippen LogP contribution in [-0.4, -0.2) is 55.7 Å². The molecule has 0 radical (unpaired) electrons. The van der Waals surface area contributed by atoms with Crippen LogP contribution in [0.15, 0.2) is 23.3 Å². The number of aliphatic imine (C=N–C) groups is 1. The molecular formula is C18H33N5O. The summed E-state index contributed by atoms with van der Waals surface area (Å²) in [7, 11) is 3.42. The first-order chi connectivity index (χ1) is 11.6. The standard InChI is InChI=1S/C18H33N5O/c1-6-23(7-2)12-8-9-15(3)22-18(19-4)21-14-16-10-11-20-17(13-16)24-5/h10-11,13,15H,6-9,12,14H2,1-5H3,(H2,19,21,22). The van der Waals surface area contributed by atoms with Crippen molar-refractivity contribution in [1.82, 2.24) is 20.5 Å². The first-order valence-corrected chi connectivity index (χ1v) is 8.81. The minimum atomic E-state index is 0.388. The highest BCUT2D eigenvalue weighted by Crippen LogP contribution is 2.08. The van der Waals surface area contributed by atoms with Crippen LogP contribution in [0.2, 0.25) is 0 Å². The van der Waals surface area contributed by atoms with Crippen molar-refractivity contribution in [2.45, 2.75) is 46.2 Å². The molecule has 1 unspecified atom stereocenters. The molecule has 0 saturated carbocycles. The Bertz CT molecular complexity index is 488. The van der Waals surface area contributed by atoms with Gasteiger partial charge < -0.3 is 20.3 Å². The molecule has 0 fully saturated rings. The van der Waals surface area contributed by atoms with E-state index in [1.54, 1.807) is 20.4 Å². The SMILES string of the molecule is CCN(CC)CCCC(C)NC(=NC)NCc1ccnc(OC)c1. The van der Waals surface area contributed by atoms with Crippen molar-refractivity contribution in [3.63, 3.8) is 0 Å². The number of nitrogens with zero attached hydrogens (tertiary/aromatic N) is 3. The predicted octanol–water partition coefficient (Wildman–Crippen LogP) is 2.27. The van der Waals surface area contributed by atoms with Gasteiger partial charge in [-0.15, -0.1) is 0 Å². The first-order valence-electron chi connectivity index (χ1n) is 8.81. The zero-order valence-corrected chi connectivity index (χ0v) is 15.8. The summed E-state index contributed by atoms with van der Waals surface area (Å²) in [5, 5.41) is 6.78. The van der Waals surface area contributed by atoms with Crippen LogP contribution in [0, 0.1) is 0 Å². The first kappa shape index (κ1) is 20.2. The van der Waals surface area contributed by atoms with Crippen molar-refractivity contribution in [3.8, 4) is 5.88 Å². The van der Waals surface area contributed by atoms with Gasteiger partial charge in [0.15, 0.2) is 5.96 Å². The maximum Gasteiger partial charge on any atom is 0.213 e. The Kier molecular flexibility index (Phi) is 9.84. The maximum absolute atomic E-state index is 5.15. The monoisotopic (exact) mass is 335 g/mol. The third kappa shape index (κ3) is 7.64. The molecule has 24 heavy (non-hydrogen) atoms. The molecule has 0 bridgehead atoms. The number of hydrogen-bond acceptors (Lipinski definition) is 4. The Morgan fingerprint density at radius 3 is 2.75 bits per heavy atom. The third-order valence-electron chi connectivity index (χ3n) is 4.08. The lowest BCUT2D eigenvalue weighted by Gasteiger charge is -2.21. The van der Waals surface area contributed by atoms with E-state index < -0.39 is 0 Å². The topological polar surface area (TPSA) is 61.8 Å². The summed E-state index contributed by atoms with van der Waals surface area (Å²) in [4.78, 5) is 10.9. The minimum absolute atomic E-state index is 0.388. The highest BCUT2D eigenvalue weighted by molar-refractivity contribution is 5.79. The largest absolute Gasteiger partial charge is 0.481 e. The van der Waals surface area contributed by atoms with E-state index in [0.29, 0.717) is 18.5 Å². The van der Waals surface area contributed by atoms with Gasteiger partial charge in [0, 0.05) is 31.9 Å². The summed E-state index contributed by atoms with van der Waals surface area (Å²) in [5.41, 5.74) is 1.11. The fourth-order valence-electron chi connectivity index (χ4n) is 2.52. The molecule has 1 aromatic rings. The predicted molar refractivity (Wildman–Crippen MR) is 101 cm³/mol. The molecule has 6 nitrogen and oxygen atoms in total. The second kappa shape index (κ2) is 11.7. The van der Waals surface area contributed by atoms with Crippen molar-refractivity contribution in [1.29, 1.82) is 0 Å². The highest BCUT2D eigenvalue weighted by atomic mass is 16.5. The molecule has 1 rings (SSSR count). The lowest BCUT2D eigenvalue weighted by atomic mass is 10.2. The van der Waals surface area contributed by atoms with Gasteiger partial charge >= 0.3 is 0 Å². The second-order valence-corrected chi connectivity index (χ2v) is 5.85. The summed E-state index contributed by atoms with van der Waals surface area (Å²) >= 11 is 0. The average molecular weight is 335 g/mol. The van der Waals surface area contributed by atoms with E-state index in [2.05, 4.69) is 46.3 Å². The molecule has 0 amide bonds. The number of pyridine rings is 1. The number of guanidine groups is 1. The van der Waals surface area contributed by atoms with Gasteiger partial charge in [0.2, 0.25) is 5.88 Å². The average Bonchev–Trinajstić information content (AvgIpc) is 2.62. The minimum Gasteiger partial charge on any atom is -0.481 e. The van der Waals surface area contributed by atoms with Crippen molar-refractivity contribution in [2.75, 3.05) is 33.8 Å². The third-order valence-corrected chi connectivity index (χ3v) is 4.08. The Labute approximate surface area is 146 Å². The lowest BCUT2D eigenvalue weighted by Crippen LogP contribution is -2.42. The molecule has 0 aliphatic rings. The molecule has 1 aromatic heterocycles. The van der Waals surface area contributed by atoms with E-state index in [4.69, 9.17) is 4.74 Å². The van der Waals surface area contributed by atoms with Crippen molar-refractivity contribution >= 4 is 5.96 Å². The van der Waals surface area contributed by atoms with Crippen molar-refractivity contribution in [2.24, 2.45) is 4.99 Å². The van der Waals surface area contributed by atoms with Crippen LogP contribution in [-0.2, 0) is 6.54 Å². The molecule has 6 heteroatoms. The van der Waals surface area contributed by atoms with E-state index in [-0.39, 0.29) is 0 Å². The number of aromatic nitrogens is 1. The van der Waals surface area contributed by atoms with Crippen LogP contribution in [0.3, 0.4) is 0 Å². The van der Waals surface area contributed by atoms with Crippen LogP contribution in [0.4, 0.5) is 0 Å². The summed E-state index contributed by atoms with van der Waals surface area (Å²) in [6.45, 7) is 10.7. The molecule has 1 heterocycles. The number of ether oxygens (including phenoxy) is 1. The lowest BCUT2D eigenvalue weighted by molar-refractivity contribution is 0.292. The summed E-state index contributed by atoms with van der Waals surface area (Å²) in [6.07, 6.45) is 4.07. The van der Waals surface area contributed by atoms with Crippen LogP contribution in [0.1, 0.15) is 39.2 Å². The van der Waals surface area contributed by atoms with Gasteiger partial charge in [0.1, 0.15) is 0 Å². The van der Waals surface area contributed by atoms with Gasteiger partial charge in [-0.25, -0.2) is 4.98 Å². The Balaban J connectivity index is 2.35. The molecular weight excluding hydrogens is 302 g/mol. The molecule has 0 aliphatic heterocycles. The van der Waals surface area contributed by atoms with Gasteiger partial charge in [-0.2, -0.15) is 0 Å². The van der Waals surface area contributed by atoms with Gasteiger partial charge in [-0.3, -0.25) is 4.99 Å². The molecule has 0 aliphatic carbocycles. The van der Waals surface area contributed by atoms with E-state index >= 15 is 0 Å². The van der Waals surface area contributed by atoms with Crippen LogP contribution in [0.25, 0.3) is 0 Å². The maximum atomic E-state index is 5.15. The number of hydrogen-bond donors (Lipinski definition) is 2. The van der Waals surface area contributed by atoms with E-state index in [1.165, 1.54) is 6.42 Å². The molecule has 0 saturated heterocycles. The Hall–Kier alpha value is -1.82. The van der Waals surface area contributed by atoms with E-state index in [1.807, 2.05) is 12.1 Å². The normalized spacial score (nSPS) is 13.0. The van der Waals surface area contributed by atoms with E-state index in [9.17, 15) is 0 Å². The summed E-state index contributed by atoms with van der Waals surface area (Å²) in [6, 6.07) is 4.28. The zero-order valence-electron chi connectivity index (χ0n) is 15.8. The number of rotatable bonds is 10. The van der Waals surface area contributed by atoms with Crippen molar-refractivity contribution < 1.29 is 4.74 Å². The molecule has 1 atom stereocenters. The van der Waals surface area contributed by atoms with Gasteiger partial charge in [-0.05, 0) is 51.0 Å². The summed E-state index contributed by atoms with van der Waals surface area (Å²) < 4.78 is 5.15. The Morgan fingerprint density at radius 1 is 1.38 bits per heavy atom. The number of nitrogens with one attached hydrogen (secondary N) is 2. The number of methoxy groups -OCH3 is 1. The Morgan fingerprint density at radius 2 is 2.12 bits per heavy atom. The van der Waals surface area contributed by atoms with Crippen LogP contribution >= 0.6 is 0 Å². The molecule has 2 N–H and O–H groups in total. The fraction of sp³-hybridized carbons (Fsp3) is 0.667. The molecule has 0 aromatic carbocycles. The summed E-state index contributed by atoms with van der Waals surface area (Å²) in [5.74, 6) is 1.45. The molecule has 136 valence electrons. The van der Waals surface area contributed by atoms with Gasteiger partial charge in [0.25, 0.3) is 0 Å². The van der Waals surface area contributed by atoms with Crippen LogP contribution in [0.5, 0.6) is 5.88 Å². The fourth-order valence-corrected chi connectivity index (χ4v) is 2.52. The quantitative estimate of drug-likeness (QED) is 0.507. The highest BCUT2D eigenvalue weighted by Gasteiger charge is 2.07. The van der Waals surface area contributed by atoms with Gasteiger partial charge in [0.05, 0.1) is 7.11 Å². The zero-order chi connectivity index (χ0) is 17.8. The van der Waals surface area contributed by atoms with Crippen LogP contribution < -0.4 is 15.4 Å². The van der Waals surface area contributed by atoms with E-state index in [0.717, 1.165) is 37.6 Å². The second-order valence-electron chi connectivity index (χ2n) is 5.85. The smallest absolute Gasteiger partial charge is 0.213 e. The molecule has 0 spiro atoms. The van der Waals surface area contributed by atoms with Gasteiger partial charge in [-0.1, -0.05) is 13.8 Å².